The van der Waals surface area contributed by atoms with Gasteiger partial charge in [-0.3, -0.25) is 19.5 Å². The zero-order valence-electron chi connectivity index (χ0n) is 22.8. The fourth-order valence-electron chi connectivity index (χ4n) is 5.31. The van der Waals surface area contributed by atoms with Gasteiger partial charge < -0.3 is 15.1 Å². The molecular weight excluding hydrogens is 554 g/mol. The van der Waals surface area contributed by atoms with Gasteiger partial charge in [-0.15, -0.1) is 0 Å². The first kappa shape index (κ1) is 30.5. The van der Waals surface area contributed by atoms with Gasteiger partial charge in [0, 0.05) is 70.9 Å². The van der Waals surface area contributed by atoms with Crippen LogP contribution in [0.3, 0.4) is 0 Å². The third-order valence-corrected chi connectivity index (χ3v) is 7.80. The van der Waals surface area contributed by atoms with E-state index in [0.717, 1.165) is 16.9 Å². The largest absolute Gasteiger partial charge is 0.471 e. The molecule has 0 aromatic carbocycles. The molecule has 8 nitrogen and oxygen atoms in total. The molecule has 224 valence electrons. The summed E-state index contributed by atoms with van der Waals surface area (Å²) in [7, 11) is 1.77. The SMILES string of the molecule is CNc1cc(CN2CCC(F)(C(=O)N3CCC(N(Cc4ncc(F)cc4F)C(=O)C(F)(F)F)CC3)CC2)c(C)cn1. The molecule has 0 unspecified atom stereocenters. The van der Waals surface area contributed by atoms with E-state index in [1.807, 2.05) is 13.0 Å². The number of amides is 2. The number of alkyl halides is 4. The second kappa shape index (κ2) is 12.2. The molecule has 0 radical (unpaired) electrons. The summed E-state index contributed by atoms with van der Waals surface area (Å²) in [4.78, 5) is 36.9. The number of piperidine rings is 2. The number of likely N-dealkylation sites (tertiary alicyclic amines) is 2. The van der Waals surface area contributed by atoms with Gasteiger partial charge in [0.1, 0.15) is 17.5 Å². The summed E-state index contributed by atoms with van der Waals surface area (Å²) in [6, 6.07) is 1.40. The van der Waals surface area contributed by atoms with Crippen LogP contribution in [0.25, 0.3) is 0 Å². The molecule has 2 saturated heterocycles. The van der Waals surface area contributed by atoms with Crippen LogP contribution in [0, 0.1) is 18.6 Å². The lowest BCUT2D eigenvalue weighted by atomic mass is 9.90. The molecule has 41 heavy (non-hydrogen) atoms. The Morgan fingerprint density at radius 2 is 1.73 bits per heavy atom. The standard InChI is InChI=1S/C27H32F6N6O2/c1-17-13-36-23(34-2)11-18(17)15-37-9-5-26(30,6-10-37)24(40)38-7-3-20(4-8-38)39(25(41)27(31,32)33)16-22-21(29)12-19(28)14-35-22/h11-14,20H,3-10,15-16H2,1-2H3,(H,34,36). The molecule has 0 atom stereocenters. The van der Waals surface area contributed by atoms with E-state index in [9.17, 15) is 31.5 Å². The molecule has 1 N–H and O–H groups in total. The molecule has 2 aromatic rings. The van der Waals surface area contributed by atoms with Crippen LogP contribution >= 0.6 is 0 Å². The molecular formula is C27H32F6N6O2. The number of hydrogen-bond donors (Lipinski definition) is 1. The molecule has 0 bridgehead atoms. The summed E-state index contributed by atoms with van der Waals surface area (Å²) in [5.41, 5.74) is -0.579. The van der Waals surface area contributed by atoms with E-state index >= 15 is 4.39 Å². The van der Waals surface area contributed by atoms with Gasteiger partial charge in [-0.05, 0) is 37.0 Å². The Kier molecular flexibility index (Phi) is 9.10. The first-order valence-electron chi connectivity index (χ1n) is 13.3. The Hall–Kier alpha value is -3.42. The van der Waals surface area contributed by atoms with E-state index < -0.39 is 53.6 Å². The lowest BCUT2D eigenvalue weighted by molar-refractivity contribution is -0.189. The molecule has 4 heterocycles. The minimum Gasteiger partial charge on any atom is -0.373 e. The van der Waals surface area contributed by atoms with Crippen LogP contribution in [0.2, 0.25) is 0 Å². The minimum absolute atomic E-state index is 0.0248. The smallest absolute Gasteiger partial charge is 0.373 e. The van der Waals surface area contributed by atoms with Crippen molar-refractivity contribution in [3.8, 4) is 0 Å². The van der Waals surface area contributed by atoms with Crippen LogP contribution < -0.4 is 5.32 Å². The van der Waals surface area contributed by atoms with Crippen molar-refractivity contribution in [2.24, 2.45) is 0 Å². The Morgan fingerprint density at radius 3 is 2.32 bits per heavy atom. The third kappa shape index (κ3) is 7.08. The fourth-order valence-corrected chi connectivity index (χ4v) is 5.31. The Balaban J connectivity index is 1.36. The van der Waals surface area contributed by atoms with E-state index in [1.54, 1.807) is 13.2 Å². The topological polar surface area (TPSA) is 81.7 Å². The number of pyridine rings is 2. The monoisotopic (exact) mass is 586 g/mol. The van der Waals surface area contributed by atoms with Gasteiger partial charge in [0.15, 0.2) is 5.67 Å². The number of aromatic nitrogens is 2. The summed E-state index contributed by atoms with van der Waals surface area (Å²) in [5.74, 6) is -4.37. The number of aryl methyl sites for hydroxylation is 1. The molecule has 0 saturated carbocycles. The zero-order valence-corrected chi connectivity index (χ0v) is 22.8. The van der Waals surface area contributed by atoms with Crippen molar-refractivity contribution < 1.29 is 35.9 Å². The Labute approximate surface area is 233 Å². The number of halogens is 6. The average Bonchev–Trinajstić information content (AvgIpc) is 2.94. The second-order valence-corrected chi connectivity index (χ2v) is 10.5. The van der Waals surface area contributed by atoms with Crippen molar-refractivity contribution in [2.45, 2.75) is 63.6 Å². The molecule has 2 fully saturated rings. The zero-order chi connectivity index (χ0) is 29.9. The van der Waals surface area contributed by atoms with Gasteiger partial charge >= 0.3 is 12.1 Å². The predicted octanol–water partition coefficient (Wildman–Crippen LogP) is 3.99. The number of rotatable bonds is 7. The maximum absolute atomic E-state index is 15.8. The van der Waals surface area contributed by atoms with E-state index in [4.69, 9.17) is 0 Å². The first-order chi connectivity index (χ1) is 19.3. The maximum atomic E-state index is 15.8. The van der Waals surface area contributed by atoms with Crippen LogP contribution in [-0.4, -0.2) is 87.6 Å². The maximum Gasteiger partial charge on any atom is 0.471 e. The average molecular weight is 587 g/mol. The van der Waals surface area contributed by atoms with Gasteiger partial charge in [0.2, 0.25) is 0 Å². The number of anilines is 1. The second-order valence-electron chi connectivity index (χ2n) is 10.5. The van der Waals surface area contributed by atoms with Crippen molar-refractivity contribution in [1.29, 1.82) is 0 Å². The van der Waals surface area contributed by atoms with Crippen molar-refractivity contribution >= 4 is 17.6 Å². The molecule has 2 aliphatic heterocycles. The highest BCUT2D eigenvalue weighted by Gasteiger charge is 2.48. The highest BCUT2D eigenvalue weighted by molar-refractivity contribution is 5.85. The summed E-state index contributed by atoms with van der Waals surface area (Å²) < 4.78 is 83.3. The number of nitrogens with zero attached hydrogens (tertiary/aromatic N) is 5. The molecule has 2 aliphatic rings. The van der Waals surface area contributed by atoms with E-state index in [0.29, 0.717) is 36.8 Å². The van der Waals surface area contributed by atoms with Gasteiger partial charge in [-0.2, -0.15) is 13.2 Å². The minimum atomic E-state index is -5.23. The van der Waals surface area contributed by atoms with Crippen LogP contribution in [0.1, 0.15) is 42.5 Å². The lowest BCUT2D eigenvalue weighted by Gasteiger charge is -2.42. The predicted molar refractivity (Wildman–Crippen MR) is 137 cm³/mol. The highest BCUT2D eigenvalue weighted by Crippen LogP contribution is 2.32. The van der Waals surface area contributed by atoms with Crippen molar-refractivity contribution in [1.82, 2.24) is 24.7 Å². The van der Waals surface area contributed by atoms with E-state index in [2.05, 4.69) is 20.2 Å². The number of carbonyl (C=O) groups excluding carboxylic acids is 2. The quantitative estimate of drug-likeness (QED) is 0.495. The van der Waals surface area contributed by atoms with E-state index in [-0.39, 0.29) is 38.8 Å². The normalized spacial score (nSPS) is 18.3. The fraction of sp³-hybridized carbons (Fsp3) is 0.556. The van der Waals surface area contributed by atoms with Crippen molar-refractivity contribution in [2.75, 3.05) is 38.5 Å². The Bertz CT molecular complexity index is 1260. The van der Waals surface area contributed by atoms with Crippen molar-refractivity contribution in [3.63, 3.8) is 0 Å². The molecule has 2 amide bonds. The highest BCUT2D eigenvalue weighted by atomic mass is 19.4. The summed E-state index contributed by atoms with van der Waals surface area (Å²) in [5, 5.41) is 2.99. The first-order valence-corrected chi connectivity index (χ1v) is 13.3. The van der Waals surface area contributed by atoms with E-state index in [1.165, 1.54) is 4.90 Å². The van der Waals surface area contributed by atoms with Crippen LogP contribution in [0.15, 0.2) is 24.5 Å². The molecule has 0 aliphatic carbocycles. The number of hydrogen-bond acceptors (Lipinski definition) is 6. The van der Waals surface area contributed by atoms with Crippen LogP contribution in [-0.2, 0) is 22.7 Å². The number of carbonyl (C=O) groups is 2. The van der Waals surface area contributed by atoms with Gasteiger partial charge in [0.25, 0.3) is 5.91 Å². The summed E-state index contributed by atoms with van der Waals surface area (Å²) >= 11 is 0. The summed E-state index contributed by atoms with van der Waals surface area (Å²) in [6.07, 6.45) is -3.00. The van der Waals surface area contributed by atoms with Gasteiger partial charge in [-0.25, -0.2) is 18.2 Å². The van der Waals surface area contributed by atoms with Gasteiger partial charge in [0.05, 0.1) is 18.4 Å². The Morgan fingerprint density at radius 1 is 1.07 bits per heavy atom. The van der Waals surface area contributed by atoms with Crippen molar-refractivity contribution in [3.05, 3.63) is 53.0 Å². The lowest BCUT2D eigenvalue weighted by Crippen LogP contribution is -2.56. The number of nitrogens with one attached hydrogen (secondary N) is 1. The third-order valence-electron chi connectivity index (χ3n) is 7.80. The molecule has 14 heteroatoms. The van der Waals surface area contributed by atoms with Crippen LogP contribution in [0.4, 0.5) is 32.2 Å². The summed E-state index contributed by atoms with van der Waals surface area (Å²) in [6.45, 7) is 2.25. The van der Waals surface area contributed by atoms with Gasteiger partial charge in [-0.1, -0.05) is 0 Å². The molecule has 0 spiro atoms. The molecule has 4 rings (SSSR count). The van der Waals surface area contributed by atoms with Crippen LogP contribution in [0.5, 0.6) is 0 Å². The molecule has 2 aromatic heterocycles.